The van der Waals surface area contributed by atoms with Gasteiger partial charge in [-0.3, -0.25) is 5.32 Å². The third-order valence-corrected chi connectivity index (χ3v) is 1.83. The molecule has 5 heteroatoms. The normalized spacial score (nSPS) is 10.8. The monoisotopic (exact) mass is 200 g/mol. The summed E-state index contributed by atoms with van der Waals surface area (Å²) < 4.78 is 37.1. The lowest BCUT2D eigenvalue weighted by Crippen LogP contribution is -2.08. The molecule has 74 valence electrons. The Bertz CT molecular complexity index is 377. The zero-order chi connectivity index (χ0) is 10.8. The standard InChI is InChI=1S/C9H7F3N2/c1-6-7(9(10,11)12)3-2-4-8(6)14-5-13/h2-4,14H,1H3. The number of alkyl halides is 3. The molecule has 0 saturated carbocycles. The summed E-state index contributed by atoms with van der Waals surface area (Å²) in [6.45, 7) is 1.32. The summed E-state index contributed by atoms with van der Waals surface area (Å²) in [4.78, 5) is 0. The van der Waals surface area contributed by atoms with Crippen LogP contribution in [0.1, 0.15) is 11.1 Å². The minimum absolute atomic E-state index is 0.0292. The maximum absolute atomic E-state index is 12.4. The van der Waals surface area contributed by atoms with Gasteiger partial charge in [0, 0.05) is 0 Å². The van der Waals surface area contributed by atoms with Gasteiger partial charge in [0.15, 0.2) is 6.19 Å². The second kappa shape index (κ2) is 3.58. The molecule has 0 atom stereocenters. The lowest BCUT2D eigenvalue weighted by atomic mass is 10.1. The van der Waals surface area contributed by atoms with Crippen molar-refractivity contribution in [2.45, 2.75) is 13.1 Å². The topological polar surface area (TPSA) is 35.8 Å². The molecular formula is C9H7F3N2. The first-order valence-corrected chi connectivity index (χ1v) is 3.78. The van der Waals surface area contributed by atoms with Crippen LogP contribution in [0, 0.1) is 18.4 Å². The molecule has 14 heavy (non-hydrogen) atoms. The number of benzene rings is 1. The zero-order valence-corrected chi connectivity index (χ0v) is 7.31. The van der Waals surface area contributed by atoms with E-state index in [0.717, 1.165) is 6.07 Å². The first kappa shape index (κ1) is 10.4. The summed E-state index contributed by atoms with van der Waals surface area (Å²) in [7, 11) is 0. The van der Waals surface area contributed by atoms with Crippen LogP contribution in [0.5, 0.6) is 0 Å². The van der Waals surface area contributed by atoms with E-state index in [1.54, 1.807) is 6.19 Å². The van der Waals surface area contributed by atoms with Gasteiger partial charge in [0.2, 0.25) is 0 Å². The number of anilines is 1. The molecule has 0 fully saturated rings. The summed E-state index contributed by atoms with van der Waals surface area (Å²) >= 11 is 0. The quantitative estimate of drug-likeness (QED) is 0.558. The second-order valence-electron chi connectivity index (χ2n) is 2.71. The fourth-order valence-corrected chi connectivity index (χ4v) is 1.14. The highest BCUT2D eigenvalue weighted by Gasteiger charge is 2.32. The number of nitrogens with one attached hydrogen (secondary N) is 1. The van der Waals surface area contributed by atoms with E-state index < -0.39 is 11.7 Å². The van der Waals surface area contributed by atoms with Crippen LogP contribution in [0.25, 0.3) is 0 Å². The summed E-state index contributed by atoms with van der Waals surface area (Å²) in [5, 5.41) is 10.5. The highest BCUT2D eigenvalue weighted by atomic mass is 19.4. The van der Waals surface area contributed by atoms with E-state index in [-0.39, 0.29) is 11.3 Å². The average Bonchev–Trinajstić information content (AvgIpc) is 2.07. The molecule has 0 spiro atoms. The van der Waals surface area contributed by atoms with E-state index in [1.807, 2.05) is 0 Å². The molecule has 1 N–H and O–H groups in total. The summed E-state index contributed by atoms with van der Waals surface area (Å²) in [5.41, 5.74) is -0.512. The van der Waals surface area contributed by atoms with Gasteiger partial charge in [0.25, 0.3) is 0 Å². The molecule has 0 aromatic heterocycles. The van der Waals surface area contributed by atoms with Crippen molar-refractivity contribution in [3.8, 4) is 6.19 Å². The molecule has 0 heterocycles. The highest BCUT2D eigenvalue weighted by Crippen LogP contribution is 2.34. The Morgan fingerprint density at radius 2 is 2.00 bits per heavy atom. The molecule has 0 aliphatic rings. The highest BCUT2D eigenvalue weighted by molar-refractivity contribution is 5.56. The van der Waals surface area contributed by atoms with Gasteiger partial charge in [0.1, 0.15) is 0 Å². The summed E-state index contributed by atoms with van der Waals surface area (Å²) in [6.07, 6.45) is -2.79. The largest absolute Gasteiger partial charge is 0.416 e. The minimum Gasteiger partial charge on any atom is -0.293 e. The van der Waals surface area contributed by atoms with Crippen molar-refractivity contribution in [1.82, 2.24) is 0 Å². The van der Waals surface area contributed by atoms with Crippen molar-refractivity contribution >= 4 is 5.69 Å². The van der Waals surface area contributed by atoms with Crippen LogP contribution in [-0.4, -0.2) is 0 Å². The SMILES string of the molecule is Cc1c(NC#N)cccc1C(F)(F)F. The number of hydrogen-bond acceptors (Lipinski definition) is 2. The Kier molecular flexibility index (Phi) is 2.65. The molecule has 2 nitrogen and oxygen atoms in total. The van der Waals surface area contributed by atoms with Gasteiger partial charge in [-0.05, 0) is 24.6 Å². The predicted molar refractivity (Wildman–Crippen MR) is 45.4 cm³/mol. The molecule has 1 aromatic rings. The van der Waals surface area contributed by atoms with Crippen molar-refractivity contribution in [2.75, 3.05) is 5.32 Å². The lowest BCUT2D eigenvalue weighted by molar-refractivity contribution is -0.138. The number of nitrogens with zero attached hydrogens (tertiary/aromatic N) is 1. The van der Waals surface area contributed by atoms with Crippen LogP contribution in [0.4, 0.5) is 18.9 Å². The molecule has 0 unspecified atom stereocenters. The lowest BCUT2D eigenvalue weighted by Gasteiger charge is -2.12. The first-order chi connectivity index (χ1) is 6.46. The van der Waals surface area contributed by atoms with E-state index in [0.29, 0.717) is 0 Å². The molecule has 0 aliphatic heterocycles. The molecule has 0 saturated heterocycles. The fourth-order valence-electron chi connectivity index (χ4n) is 1.14. The third-order valence-electron chi connectivity index (χ3n) is 1.83. The van der Waals surface area contributed by atoms with E-state index in [2.05, 4.69) is 5.32 Å². The molecule has 0 bridgehead atoms. The molecule has 0 aliphatic carbocycles. The van der Waals surface area contributed by atoms with Crippen LogP contribution in [0.2, 0.25) is 0 Å². The van der Waals surface area contributed by atoms with Crippen molar-refractivity contribution < 1.29 is 13.2 Å². The maximum atomic E-state index is 12.4. The second-order valence-corrected chi connectivity index (χ2v) is 2.71. The van der Waals surface area contributed by atoms with Crippen LogP contribution in [0.15, 0.2) is 18.2 Å². The van der Waals surface area contributed by atoms with Crippen molar-refractivity contribution in [3.05, 3.63) is 29.3 Å². The smallest absolute Gasteiger partial charge is 0.293 e. The average molecular weight is 200 g/mol. The number of hydrogen-bond donors (Lipinski definition) is 1. The van der Waals surface area contributed by atoms with Gasteiger partial charge in [-0.2, -0.15) is 18.4 Å². The Morgan fingerprint density at radius 3 is 2.50 bits per heavy atom. The van der Waals surface area contributed by atoms with E-state index in [9.17, 15) is 13.2 Å². The van der Waals surface area contributed by atoms with Crippen LogP contribution >= 0.6 is 0 Å². The fraction of sp³-hybridized carbons (Fsp3) is 0.222. The Morgan fingerprint density at radius 1 is 1.36 bits per heavy atom. The van der Waals surface area contributed by atoms with Gasteiger partial charge in [-0.25, -0.2) is 0 Å². The van der Waals surface area contributed by atoms with Gasteiger partial charge in [-0.15, -0.1) is 0 Å². The van der Waals surface area contributed by atoms with Crippen molar-refractivity contribution in [1.29, 1.82) is 5.26 Å². The van der Waals surface area contributed by atoms with Crippen molar-refractivity contribution in [3.63, 3.8) is 0 Å². The van der Waals surface area contributed by atoms with Gasteiger partial charge in [0.05, 0.1) is 11.3 Å². The van der Waals surface area contributed by atoms with Gasteiger partial charge < -0.3 is 0 Å². The van der Waals surface area contributed by atoms with E-state index in [1.165, 1.54) is 19.1 Å². The maximum Gasteiger partial charge on any atom is 0.416 e. The predicted octanol–water partition coefficient (Wildman–Crippen LogP) is 2.91. The van der Waals surface area contributed by atoms with Gasteiger partial charge >= 0.3 is 6.18 Å². The Balaban J connectivity index is 3.22. The van der Waals surface area contributed by atoms with Gasteiger partial charge in [-0.1, -0.05) is 6.07 Å². The minimum atomic E-state index is -4.38. The number of rotatable bonds is 1. The first-order valence-electron chi connectivity index (χ1n) is 3.78. The Labute approximate surface area is 79.0 Å². The zero-order valence-electron chi connectivity index (χ0n) is 7.31. The molecule has 0 amide bonds. The van der Waals surface area contributed by atoms with E-state index in [4.69, 9.17) is 5.26 Å². The Hall–Kier alpha value is -1.70. The third kappa shape index (κ3) is 1.96. The molecular weight excluding hydrogens is 193 g/mol. The molecule has 1 rings (SSSR count). The summed E-state index contributed by atoms with van der Waals surface area (Å²) in [5.74, 6) is 0. The molecule has 0 radical (unpaired) electrons. The number of halogens is 3. The van der Waals surface area contributed by atoms with Crippen molar-refractivity contribution in [2.24, 2.45) is 0 Å². The van der Waals surface area contributed by atoms with Crippen LogP contribution in [0.3, 0.4) is 0 Å². The molecule has 1 aromatic carbocycles. The van der Waals surface area contributed by atoms with E-state index >= 15 is 0 Å². The van der Waals surface area contributed by atoms with Crippen LogP contribution in [-0.2, 0) is 6.18 Å². The number of nitriles is 1. The summed E-state index contributed by atoms with van der Waals surface area (Å²) in [6, 6.07) is 3.67. The van der Waals surface area contributed by atoms with Crippen LogP contribution < -0.4 is 5.32 Å².